The van der Waals surface area contributed by atoms with Crippen LogP contribution in [0.4, 0.5) is 0 Å². The lowest BCUT2D eigenvalue weighted by Crippen LogP contribution is -2.45. The summed E-state index contributed by atoms with van der Waals surface area (Å²) in [6.45, 7) is 6.56. The molecule has 1 amide bonds. The number of hydrogen-bond acceptors (Lipinski definition) is 4. The molecular weight excluding hydrogens is 326 g/mol. The summed E-state index contributed by atoms with van der Waals surface area (Å²) in [7, 11) is 0. The van der Waals surface area contributed by atoms with Crippen molar-refractivity contribution in [1.29, 1.82) is 0 Å². The van der Waals surface area contributed by atoms with Gasteiger partial charge >= 0.3 is 0 Å². The summed E-state index contributed by atoms with van der Waals surface area (Å²) < 4.78 is 0. The molecule has 3 N–H and O–H groups in total. The smallest absolute Gasteiger partial charge is 0.255 e. The van der Waals surface area contributed by atoms with Gasteiger partial charge in [-0.25, -0.2) is 0 Å². The van der Waals surface area contributed by atoms with E-state index in [0.717, 1.165) is 49.4 Å². The van der Waals surface area contributed by atoms with E-state index in [1.165, 1.54) is 5.56 Å². The molecule has 0 radical (unpaired) electrons. The lowest BCUT2D eigenvalue weighted by Gasteiger charge is -2.36. The Morgan fingerprint density at radius 1 is 1.19 bits per heavy atom. The first-order chi connectivity index (χ1) is 12.6. The number of pyridine rings is 1. The van der Waals surface area contributed by atoms with E-state index < -0.39 is 0 Å². The number of hydrogen-bond donors (Lipinski definition) is 3. The zero-order chi connectivity index (χ0) is 18.1. The quantitative estimate of drug-likeness (QED) is 0.790. The van der Waals surface area contributed by atoms with Gasteiger partial charge in [-0.3, -0.25) is 20.6 Å². The summed E-state index contributed by atoms with van der Waals surface area (Å²) in [4.78, 5) is 22.2. The lowest BCUT2D eigenvalue weighted by atomic mass is 9.80. The molecule has 2 aliphatic rings. The molecule has 2 saturated heterocycles. The van der Waals surface area contributed by atoms with Crippen molar-refractivity contribution in [2.75, 3.05) is 19.6 Å². The van der Waals surface area contributed by atoms with Gasteiger partial charge in [-0.1, -0.05) is 0 Å². The zero-order valence-electron chi connectivity index (χ0n) is 15.5. The molecule has 26 heavy (non-hydrogen) atoms. The Kier molecular flexibility index (Phi) is 4.78. The van der Waals surface area contributed by atoms with Gasteiger partial charge in [-0.15, -0.1) is 0 Å². The Morgan fingerprint density at radius 3 is 2.58 bits per heavy atom. The van der Waals surface area contributed by atoms with Gasteiger partial charge in [-0.05, 0) is 56.4 Å². The molecule has 4 heterocycles. The first kappa shape index (κ1) is 17.2. The molecule has 2 aromatic heterocycles. The maximum atomic E-state index is 12.8. The summed E-state index contributed by atoms with van der Waals surface area (Å²) in [6, 6.07) is 6.60. The molecule has 4 rings (SSSR count). The summed E-state index contributed by atoms with van der Waals surface area (Å²) in [5, 5.41) is 0. The molecule has 2 aliphatic heterocycles. The average Bonchev–Trinajstić information content (AvgIpc) is 3.28. The number of aromatic amines is 1. The summed E-state index contributed by atoms with van der Waals surface area (Å²) >= 11 is 0. The third kappa shape index (κ3) is 3.27. The van der Waals surface area contributed by atoms with Crippen LogP contribution in [0, 0.1) is 19.8 Å². The van der Waals surface area contributed by atoms with Gasteiger partial charge in [0.1, 0.15) is 0 Å². The fourth-order valence-electron chi connectivity index (χ4n) is 4.47. The van der Waals surface area contributed by atoms with Crippen LogP contribution in [0.5, 0.6) is 0 Å². The molecule has 0 saturated carbocycles. The highest BCUT2D eigenvalue weighted by Gasteiger charge is 2.37. The molecule has 0 spiro atoms. The number of aryl methyl sites for hydroxylation is 2. The Hall–Kier alpha value is -2.18. The van der Waals surface area contributed by atoms with Crippen LogP contribution < -0.4 is 10.9 Å². The summed E-state index contributed by atoms with van der Waals surface area (Å²) in [6.07, 6.45) is 5.81. The molecule has 2 atom stereocenters. The largest absolute Gasteiger partial charge is 0.362 e. The van der Waals surface area contributed by atoms with Crippen LogP contribution in [0.2, 0.25) is 0 Å². The van der Waals surface area contributed by atoms with E-state index in [2.05, 4.69) is 33.0 Å². The van der Waals surface area contributed by atoms with Crippen molar-refractivity contribution in [3.8, 4) is 0 Å². The predicted molar refractivity (Wildman–Crippen MR) is 101 cm³/mol. The topological polar surface area (TPSA) is 73.1 Å². The molecule has 2 aromatic rings. The molecule has 2 unspecified atom stereocenters. The zero-order valence-corrected chi connectivity index (χ0v) is 15.5. The number of piperidine rings is 1. The number of nitrogens with zero attached hydrogens (tertiary/aromatic N) is 2. The maximum absolute atomic E-state index is 12.8. The number of nitrogens with one attached hydrogen (secondary N) is 3. The highest BCUT2D eigenvalue weighted by molar-refractivity contribution is 5.95. The molecule has 6 heteroatoms. The summed E-state index contributed by atoms with van der Waals surface area (Å²) in [5.41, 5.74) is 11.0. The van der Waals surface area contributed by atoms with Crippen LogP contribution >= 0.6 is 0 Å². The maximum Gasteiger partial charge on any atom is 0.255 e. The highest BCUT2D eigenvalue weighted by Crippen LogP contribution is 2.32. The van der Waals surface area contributed by atoms with Crippen molar-refractivity contribution in [2.24, 2.45) is 5.92 Å². The Morgan fingerprint density at radius 2 is 1.92 bits per heavy atom. The first-order valence-electron chi connectivity index (χ1n) is 9.47. The molecule has 2 fully saturated rings. The predicted octanol–water partition coefficient (Wildman–Crippen LogP) is 2.14. The number of amides is 1. The standard InChI is InChI=1S/C20H27N5O/c1-13-11-17(14(2)23-13)20(26)25-9-5-16(6-10-25)19-18(12-22-24-19)15-3-7-21-8-4-15/h3-4,7-8,11,16,18-19,22-24H,5-6,9-10,12H2,1-2H3. The highest BCUT2D eigenvalue weighted by atomic mass is 16.2. The van der Waals surface area contributed by atoms with Crippen molar-refractivity contribution >= 4 is 5.91 Å². The van der Waals surface area contributed by atoms with E-state index in [1.807, 2.05) is 37.2 Å². The average molecular weight is 353 g/mol. The monoisotopic (exact) mass is 353 g/mol. The number of aromatic nitrogens is 2. The second-order valence-corrected chi connectivity index (χ2v) is 7.56. The van der Waals surface area contributed by atoms with Crippen LogP contribution in [0.3, 0.4) is 0 Å². The number of H-pyrrole nitrogens is 1. The molecular formula is C20H27N5O. The lowest BCUT2D eigenvalue weighted by molar-refractivity contribution is 0.0669. The fraction of sp³-hybridized carbons (Fsp3) is 0.500. The number of rotatable bonds is 3. The minimum Gasteiger partial charge on any atom is -0.362 e. The summed E-state index contributed by atoms with van der Waals surface area (Å²) in [5.74, 6) is 1.19. The van der Waals surface area contributed by atoms with Crippen molar-refractivity contribution in [1.82, 2.24) is 25.7 Å². The van der Waals surface area contributed by atoms with E-state index in [4.69, 9.17) is 0 Å². The third-order valence-electron chi connectivity index (χ3n) is 5.87. The van der Waals surface area contributed by atoms with Gasteiger partial charge in [-0.2, -0.15) is 0 Å². The molecule has 138 valence electrons. The number of carbonyl (C=O) groups excluding carboxylic acids is 1. The van der Waals surface area contributed by atoms with Gasteiger partial charge in [0.25, 0.3) is 5.91 Å². The molecule has 0 aliphatic carbocycles. The molecule has 6 nitrogen and oxygen atoms in total. The number of hydrazine groups is 1. The van der Waals surface area contributed by atoms with E-state index in [9.17, 15) is 4.79 Å². The van der Waals surface area contributed by atoms with Crippen LogP contribution in [-0.2, 0) is 0 Å². The second-order valence-electron chi connectivity index (χ2n) is 7.56. The molecule has 0 aromatic carbocycles. The number of carbonyl (C=O) groups is 1. The normalized spacial score (nSPS) is 24.2. The van der Waals surface area contributed by atoms with E-state index in [-0.39, 0.29) is 5.91 Å². The molecule has 0 bridgehead atoms. The van der Waals surface area contributed by atoms with Gasteiger partial charge in [0.2, 0.25) is 0 Å². The van der Waals surface area contributed by atoms with Crippen LogP contribution in [-0.4, -0.2) is 46.5 Å². The SMILES string of the molecule is Cc1cc(C(=O)N2CCC(C3NNCC3c3ccncc3)CC2)c(C)[nH]1. The van der Waals surface area contributed by atoms with E-state index in [0.29, 0.717) is 17.9 Å². The van der Waals surface area contributed by atoms with E-state index in [1.54, 1.807) is 0 Å². The van der Waals surface area contributed by atoms with Crippen LogP contribution in [0.25, 0.3) is 0 Å². The Bertz CT molecular complexity index is 764. The number of likely N-dealkylation sites (tertiary alicyclic amines) is 1. The minimum atomic E-state index is 0.161. The van der Waals surface area contributed by atoms with Gasteiger partial charge in [0.05, 0.1) is 5.56 Å². The second kappa shape index (κ2) is 7.21. The first-order valence-corrected chi connectivity index (χ1v) is 9.47. The Labute approximate surface area is 154 Å². The van der Waals surface area contributed by atoms with Crippen molar-refractivity contribution in [2.45, 2.75) is 38.6 Å². The van der Waals surface area contributed by atoms with Crippen molar-refractivity contribution in [3.63, 3.8) is 0 Å². The van der Waals surface area contributed by atoms with Crippen LogP contribution in [0.15, 0.2) is 30.6 Å². The Balaban J connectivity index is 1.40. The minimum absolute atomic E-state index is 0.161. The van der Waals surface area contributed by atoms with Gasteiger partial charge in [0.15, 0.2) is 0 Å². The van der Waals surface area contributed by atoms with Gasteiger partial charge in [0, 0.05) is 55.4 Å². The van der Waals surface area contributed by atoms with Crippen LogP contribution in [0.1, 0.15) is 46.1 Å². The van der Waals surface area contributed by atoms with Gasteiger partial charge < -0.3 is 9.88 Å². The van der Waals surface area contributed by atoms with Crippen molar-refractivity contribution in [3.05, 3.63) is 53.1 Å². The van der Waals surface area contributed by atoms with Crippen molar-refractivity contribution < 1.29 is 4.79 Å². The fourth-order valence-corrected chi connectivity index (χ4v) is 4.47. The van der Waals surface area contributed by atoms with E-state index >= 15 is 0 Å². The third-order valence-corrected chi connectivity index (χ3v) is 5.87.